The molecule has 3 nitrogen and oxygen atoms in total. The molecule has 18 heavy (non-hydrogen) atoms. The van der Waals surface area contributed by atoms with Gasteiger partial charge in [0, 0.05) is 6.20 Å². The van der Waals surface area contributed by atoms with E-state index in [4.69, 9.17) is 5.84 Å². The highest BCUT2D eigenvalue weighted by Gasteiger charge is 2.13. The predicted octanol–water partition coefficient (Wildman–Crippen LogP) is 2.11. The Balaban J connectivity index is 2.23. The smallest absolute Gasteiger partial charge is 0.141 e. The SMILES string of the molecule is NNC(Cc1ccccc1F)c1cncc(F)c1. The van der Waals surface area contributed by atoms with Gasteiger partial charge in [-0.15, -0.1) is 0 Å². The molecule has 1 atom stereocenters. The van der Waals surface area contributed by atoms with Crippen molar-refractivity contribution in [3.05, 3.63) is 65.5 Å². The Morgan fingerprint density at radius 1 is 1.22 bits per heavy atom. The minimum absolute atomic E-state index is 0.304. The molecule has 94 valence electrons. The molecular weight excluding hydrogens is 236 g/mol. The zero-order valence-corrected chi connectivity index (χ0v) is 9.61. The third-order valence-corrected chi connectivity index (χ3v) is 2.71. The van der Waals surface area contributed by atoms with E-state index < -0.39 is 5.82 Å². The van der Waals surface area contributed by atoms with Crippen LogP contribution in [0.5, 0.6) is 0 Å². The van der Waals surface area contributed by atoms with E-state index in [-0.39, 0.29) is 11.9 Å². The molecule has 2 aromatic rings. The van der Waals surface area contributed by atoms with Crippen LogP contribution in [0.2, 0.25) is 0 Å². The van der Waals surface area contributed by atoms with Gasteiger partial charge in [-0.2, -0.15) is 0 Å². The number of nitrogens with two attached hydrogens (primary N) is 1. The molecule has 2 rings (SSSR count). The molecule has 0 aliphatic carbocycles. The largest absolute Gasteiger partial charge is 0.271 e. The third-order valence-electron chi connectivity index (χ3n) is 2.71. The van der Waals surface area contributed by atoms with E-state index in [1.165, 1.54) is 18.3 Å². The molecule has 0 saturated carbocycles. The average molecular weight is 249 g/mol. The number of hydrogen-bond donors (Lipinski definition) is 2. The van der Waals surface area contributed by atoms with Crippen molar-refractivity contribution in [3.63, 3.8) is 0 Å². The lowest BCUT2D eigenvalue weighted by Crippen LogP contribution is -2.30. The molecule has 3 N–H and O–H groups in total. The average Bonchev–Trinajstić information content (AvgIpc) is 2.38. The number of hydrogen-bond acceptors (Lipinski definition) is 3. The maximum absolute atomic E-state index is 13.5. The van der Waals surface area contributed by atoms with Crippen LogP contribution in [0, 0.1) is 11.6 Å². The lowest BCUT2D eigenvalue weighted by molar-refractivity contribution is 0.522. The second kappa shape index (κ2) is 5.66. The summed E-state index contributed by atoms with van der Waals surface area (Å²) in [7, 11) is 0. The quantitative estimate of drug-likeness (QED) is 0.644. The first-order valence-corrected chi connectivity index (χ1v) is 5.50. The summed E-state index contributed by atoms with van der Waals surface area (Å²) in [5.41, 5.74) is 3.65. The maximum atomic E-state index is 13.5. The molecule has 0 amide bonds. The van der Waals surface area contributed by atoms with Gasteiger partial charge < -0.3 is 0 Å². The summed E-state index contributed by atoms with van der Waals surface area (Å²) in [6.45, 7) is 0. The summed E-state index contributed by atoms with van der Waals surface area (Å²) in [4.78, 5) is 3.75. The minimum Gasteiger partial charge on any atom is -0.271 e. The van der Waals surface area contributed by atoms with Crippen molar-refractivity contribution in [2.45, 2.75) is 12.5 Å². The number of nitrogens with one attached hydrogen (secondary N) is 1. The Bertz CT molecular complexity index is 531. The fourth-order valence-corrected chi connectivity index (χ4v) is 1.78. The highest BCUT2D eigenvalue weighted by molar-refractivity contribution is 5.23. The number of benzene rings is 1. The van der Waals surface area contributed by atoms with E-state index in [0.29, 0.717) is 17.5 Å². The zero-order chi connectivity index (χ0) is 13.0. The molecule has 0 aliphatic rings. The van der Waals surface area contributed by atoms with Gasteiger partial charge in [0.2, 0.25) is 0 Å². The Morgan fingerprint density at radius 2 is 2.00 bits per heavy atom. The van der Waals surface area contributed by atoms with Crippen molar-refractivity contribution in [2.24, 2.45) is 5.84 Å². The predicted molar refractivity (Wildman–Crippen MR) is 64.4 cm³/mol. The van der Waals surface area contributed by atoms with Crippen LogP contribution < -0.4 is 11.3 Å². The van der Waals surface area contributed by atoms with E-state index in [1.54, 1.807) is 18.2 Å². The van der Waals surface area contributed by atoms with Crippen LogP contribution >= 0.6 is 0 Å². The molecule has 1 unspecified atom stereocenters. The van der Waals surface area contributed by atoms with Crippen molar-refractivity contribution >= 4 is 0 Å². The lowest BCUT2D eigenvalue weighted by atomic mass is 10.0. The van der Waals surface area contributed by atoms with Gasteiger partial charge >= 0.3 is 0 Å². The zero-order valence-electron chi connectivity index (χ0n) is 9.61. The van der Waals surface area contributed by atoms with Crippen molar-refractivity contribution in [2.75, 3.05) is 0 Å². The number of aromatic nitrogens is 1. The fraction of sp³-hybridized carbons (Fsp3) is 0.154. The van der Waals surface area contributed by atoms with Gasteiger partial charge in [0.05, 0.1) is 12.2 Å². The Kier molecular flexibility index (Phi) is 3.96. The topological polar surface area (TPSA) is 50.9 Å². The molecule has 1 heterocycles. The van der Waals surface area contributed by atoms with Gasteiger partial charge in [-0.3, -0.25) is 16.3 Å². The first-order chi connectivity index (χ1) is 8.70. The van der Waals surface area contributed by atoms with Crippen LogP contribution in [0.3, 0.4) is 0 Å². The monoisotopic (exact) mass is 249 g/mol. The summed E-state index contributed by atoms with van der Waals surface area (Å²) >= 11 is 0. The van der Waals surface area contributed by atoms with E-state index >= 15 is 0 Å². The normalized spacial score (nSPS) is 12.4. The highest BCUT2D eigenvalue weighted by Crippen LogP contribution is 2.19. The summed E-state index contributed by atoms with van der Waals surface area (Å²) in [6, 6.07) is 7.37. The molecule has 0 radical (unpaired) electrons. The minimum atomic E-state index is -0.443. The molecule has 1 aromatic heterocycles. The highest BCUT2D eigenvalue weighted by atomic mass is 19.1. The van der Waals surface area contributed by atoms with Crippen LogP contribution in [-0.4, -0.2) is 4.98 Å². The van der Waals surface area contributed by atoms with Crippen LogP contribution in [0.4, 0.5) is 8.78 Å². The van der Waals surface area contributed by atoms with Crippen molar-refractivity contribution in [1.82, 2.24) is 10.4 Å². The molecule has 5 heteroatoms. The molecule has 0 aliphatic heterocycles. The molecule has 0 saturated heterocycles. The number of nitrogens with zero attached hydrogens (tertiary/aromatic N) is 1. The molecule has 0 fully saturated rings. The first-order valence-electron chi connectivity index (χ1n) is 5.50. The van der Waals surface area contributed by atoms with Gasteiger partial charge in [0.25, 0.3) is 0 Å². The number of halogens is 2. The number of pyridine rings is 1. The van der Waals surface area contributed by atoms with Gasteiger partial charge in [0.15, 0.2) is 0 Å². The number of rotatable bonds is 4. The lowest BCUT2D eigenvalue weighted by Gasteiger charge is -2.16. The van der Waals surface area contributed by atoms with Gasteiger partial charge in [-0.1, -0.05) is 18.2 Å². The first kappa shape index (κ1) is 12.6. The molecule has 0 bridgehead atoms. The van der Waals surface area contributed by atoms with Crippen molar-refractivity contribution in [1.29, 1.82) is 0 Å². The van der Waals surface area contributed by atoms with E-state index in [9.17, 15) is 8.78 Å². The second-order valence-electron chi connectivity index (χ2n) is 3.95. The van der Waals surface area contributed by atoms with Crippen LogP contribution in [0.15, 0.2) is 42.7 Å². The molecule has 0 spiro atoms. The van der Waals surface area contributed by atoms with E-state index in [1.807, 2.05) is 0 Å². The summed E-state index contributed by atoms with van der Waals surface area (Å²) in [6.07, 6.45) is 2.95. The van der Waals surface area contributed by atoms with Crippen molar-refractivity contribution in [3.8, 4) is 0 Å². The maximum Gasteiger partial charge on any atom is 0.141 e. The summed E-state index contributed by atoms with van der Waals surface area (Å²) in [5.74, 6) is 4.68. The number of hydrazine groups is 1. The third kappa shape index (κ3) is 2.88. The van der Waals surface area contributed by atoms with Crippen LogP contribution in [0.1, 0.15) is 17.2 Å². The van der Waals surface area contributed by atoms with Crippen LogP contribution in [-0.2, 0) is 6.42 Å². The fourth-order valence-electron chi connectivity index (χ4n) is 1.78. The van der Waals surface area contributed by atoms with E-state index in [2.05, 4.69) is 10.4 Å². The van der Waals surface area contributed by atoms with Crippen LogP contribution in [0.25, 0.3) is 0 Å². The van der Waals surface area contributed by atoms with E-state index in [0.717, 1.165) is 6.20 Å². The summed E-state index contributed by atoms with van der Waals surface area (Å²) in [5, 5.41) is 0. The summed E-state index contributed by atoms with van der Waals surface area (Å²) < 4.78 is 26.6. The van der Waals surface area contributed by atoms with Gasteiger partial charge in [-0.25, -0.2) is 8.78 Å². The second-order valence-corrected chi connectivity index (χ2v) is 3.95. The Labute approximate surface area is 104 Å². The van der Waals surface area contributed by atoms with Gasteiger partial charge in [-0.05, 0) is 29.7 Å². The molecule has 1 aromatic carbocycles. The Morgan fingerprint density at radius 3 is 2.67 bits per heavy atom. The Hall–Kier alpha value is -1.85. The molecular formula is C13H13F2N3. The van der Waals surface area contributed by atoms with Gasteiger partial charge in [0.1, 0.15) is 11.6 Å². The van der Waals surface area contributed by atoms with Crippen molar-refractivity contribution < 1.29 is 8.78 Å². The standard InChI is InChI=1S/C13H13F2N3/c14-11-5-10(7-17-8-11)13(18-16)6-9-3-1-2-4-12(9)15/h1-5,7-8,13,18H,6,16H2.